The first kappa shape index (κ1) is 17.8. The molecule has 6 nitrogen and oxygen atoms in total. The number of hydrogen-bond acceptors (Lipinski definition) is 5. The zero-order chi connectivity index (χ0) is 18.8. The van der Waals surface area contributed by atoms with E-state index in [1.165, 1.54) is 11.3 Å². The molecule has 26 heavy (non-hydrogen) atoms. The summed E-state index contributed by atoms with van der Waals surface area (Å²) >= 11 is 1.54. The zero-order valence-electron chi connectivity index (χ0n) is 14.4. The molecule has 1 heterocycles. The van der Waals surface area contributed by atoms with Crippen LogP contribution in [0.25, 0.3) is 11.3 Å². The molecule has 3 aromatic rings. The van der Waals surface area contributed by atoms with Crippen LogP contribution < -0.4 is 5.73 Å². The van der Waals surface area contributed by atoms with E-state index in [2.05, 4.69) is 4.98 Å². The number of aromatic nitrogens is 1. The van der Waals surface area contributed by atoms with Gasteiger partial charge in [0.15, 0.2) is 0 Å². The van der Waals surface area contributed by atoms with Crippen LogP contribution in [0.1, 0.15) is 32.1 Å². The number of rotatable bonds is 5. The number of aryl methyl sites for hydroxylation is 2. The van der Waals surface area contributed by atoms with Gasteiger partial charge in [-0.1, -0.05) is 12.1 Å². The van der Waals surface area contributed by atoms with Crippen LogP contribution in [0.4, 0.5) is 5.69 Å². The lowest BCUT2D eigenvalue weighted by atomic mass is 10.0. The number of primary amides is 1. The van der Waals surface area contributed by atoms with Crippen molar-refractivity contribution in [1.29, 1.82) is 0 Å². The fourth-order valence-electron chi connectivity index (χ4n) is 2.74. The summed E-state index contributed by atoms with van der Waals surface area (Å²) in [6.07, 6.45) is 0.620. The molecule has 0 radical (unpaired) electrons. The van der Waals surface area contributed by atoms with Crippen molar-refractivity contribution in [1.82, 2.24) is 4.98 Å². The molecular weight excluding hydrogens is 350 g/mol. The van der Waals surface area contributed by atoms with Crippen LogP contribution in [0, 0.1) is 24.0 Å². The van der Waals surface area contributed by atoms with Crippen molar-refractivity contribution in [3.05, 3.63) is 79.2 Å². The van der Waals surface area contributed by atoms with Crippen LogP contribution in [-0.4, -0.2) is 15.8 Å². The summed E-state index contributed by atoms with van der Waals surface area (Å²) in [7, 11) is 0. The quantitative estimate of drug-likeness (QED) is 0.544. The standard InChI is InChI=1S/C19H17N3O3S/c1-11-8-17(22(24)25)12(2)7-15(11)9-18-21-16(10-26-18)13-3-5-14(6-4-13)19(20)23/h3-8,10H,9H2,1-2H3,(H2,20,23). The predicted molar refractivity (Wildman–Crippen MR) is 101 cm³/mol. The van der Waals surface area contributed by atoms with Gasteiger partial charge in [0.2, 0.25) is 5.91 Å². The van der Waals surface area contributed by atoms with Crippen molar-refractivity contribution < 1.29 is 9.72 Å². The Kier molecular flexibility index (Phi) is 4.81. The topological polar surface area (TPSA) is 99.1 Å². The molecular formula is C19H17N3O3S. The Hall–Kier alpha value is -3.06. The van der Waals surface area contributed by atoms with E-state index in [9.17, 15) is 14.9 Å². The number of nitro groups is 1. The van der Waals surface area contributed by atoms with Crippen molar-refractivity contribution >= 4 is 22.9 Å². The molecule has 2 N–H and O–H groups in total. The molecule has 1 aromatic heterocycles. The largest absolute Gasteiger partial charge is 0.366 e. The first-order chi connectivity index (χ1) is 12.3. The summed E-state index contributed by atoms with van der Waals surface area (Å²) in [5.74, 6) is -0.459. The first-order valence-corrected chi connectivity index (χ1v) is 8.82. The molecule has 0 fully saturated rings. The maximum atomic E-state index is 11.1. The molecule has 0 spiro atoms. The summed E-state index contributed by atoms with van der Waals surface area (Å²) in [6.45, 7) is 3.62. The Morgan fingerprint density at radius 3 is 2.50 bits per heavy atom. The van der Waals surface area contributed by atoms with E-state index in [1.54, 1.807) is 25.1 Å². The van der Waals surface area contributed by atoms with Gasteiger partial charge in [0.05, 0.1) is 15.6 Å². The zero-order valence-corrected chi connectivity index (χ0v) is 15.2. The van der Waals surface area contributed by atoms with Gasteiger partial charge in [-0.25, -0.2) is 4.98 Å². The average Bonchev–Trinajstić information content (AvgIpc) is 3.06. The minimum absolute atomic E-state index is 0.139. The lowest BCUT2D eigenvalue weighted by Crippen LogP contribution is -2.10. The number of benzene rings is 2. The lowest BCUT2D eigenvalue weighted by molar-refractivity contribution is -0.385. The van der Waals surface area contributed by atoms with Gasteiger partial charge in [0.25, 0.3) is 5.69 Å². The Morgan fingerprint density at radius 1 is 1.19 bits per heavy atom. The minimum Gasteiger partial charge on any atom is -0.366 e. The van der Waals surface area contributed by atoms with E-state index in [0.717, 1.165) is 27.4 Å². The molecule has 0 aliphatic carbocycles. The number of amides is 1. The Balaban J connectivity index is 1.84. The van der Waals surface area contributed by atoms with Gasteiger partial charge in [-0.3, -0.25) is 14.9 Å². The van der Waals surface area contributed by atoms with E-state index >= 15 is 0 Å². The molecule has 132 valence electrons. The molecule has 3 rings (SSSR count). The van der Waals surface area contributed by atoms with Crippen LogP contribution in [0.15, 0.2) is 41.8 Å². The Morgan fingerprint density at radius 2 is 1.88 bits per heavy atom. The average molecular weight is 367 g/mol. The highest BCUT2D eigenvalue weighted by Gasteiger charge is 2.15. The SMILES string of the molecule is Cc1cc([N+](=O)[O-])c(C)cc1Cc1nc(-c2ccc(C(N)=O)cc2)cs1. The molecule has 0 aliphatic rings. The maximum absolute atomic E-state index is 11.1. The number of nitro benzene ring substituents is 1. The van der Waals surface area contributed by atoms with E-state index in [-0.39, 0.29) is 10.6 Å². The van der Waals surface area contributed by atoms with E-state index in [0.29, 0.717) is 17.5 Å². The minimum atomic E-state index is -0.459. The summed E-state index contributed by atoms with van der Waals surface area (Å²) in [5.41, 5.74) is 10.1. The van der Waals surface area contributed by atoms with Crippen LogP contribution in [-0.2, 0) is 6.42 Å². The fraction of sp³-hybridized carbons (Fsp3) is 0.158. The number of nitrogens with two attached hydrogens (primary N) is 1. The van der Waals surface area contributed by atoms with Crippen LogP contribution in [0.2, 0.25) is 0 Å². The monoisotopic (exact) mass is 367 g/mol. The molecule has 0 bridgehead atoms. The molecule has 0 saturated carbocycles. The highest BCUT2D eigenvalue weighted by molar-refractivity contribution is 7.10. The van der Waals surface area contributed by atoms with Gasteiger partial charge in [-0.05, 0) is 43.2 Å². The summed E-state index contributed by atoms with van der Waals surface area (Å²) in [4.78, 5) is 26.5. The van der Waals surface area contributed by atoms with Crippen LogP contribution in [0.3, 0.4) is 0 Å². The number of hydrogen-bond donors (Lipinski definition) is 1. The lowest BCUT2D eigenvalue weighted by Gasteiger charge is -2.06. The second-order valence-electron chi connectivity index (χ2n) is 6.07. The molecule has 0 aliphatic heterocycles. The maximum Gasteiger partial charge on any atom is 0.272 e. The third kappa shape index (κ3) is 3.62. The molecule has 1 amide bonds. The molecule has 7 heteroatoms. The number of carbonyl (C=O) groups excluding carboxylic acids is 1. The summed E-state index contributed by atoms with van der Waals surface area (Å²) in [6, 6.07) is 10.5. The molecule has 0 atom stereocenters. The van der Waals surface area contributed by atoms with Gasteiger partial charge in [0, 0.05) is 34.6 Å². The van der Waals surface area contributed by atoms with Crippen LogP contribution >= 0.6 is 11.3 Å². The third-order valence-corrected chi connectivity index (χ3v) is 5.06. The summed E-state index contributed by atoms with van der Waals surface area (Å²) in [5, 5.41) is 13.9. The molecule has 0 saturated heterocycles. The van der Waals surface area contributed by atoms with Gasteiger partial charge < -0.3 is 5.73 Å². The van der Waals surface area contributed by atoms with Crippen LogP contribution in [0.5, 0.6) is 0 Å². The van der Waals surface area contributed by atoms with E-state index < -0.39 is 5.91 Å². The Bertz CT molecular complexity index is 994. The van der Waals surface area contributed by atoms with Gasteiger partial charge in [-0.15, -0.1) is 11.3 Å². The van der Waals surface area contributed by atoms with Gasteiger partial charge in [-0.2, -0.15) is 0 Å². The molecule has 0 unspecified atom stereocenters. The predicted octanol–water partition coefficient (Wildman–Crippen LogP) is 4.02. The van der Waals surface area contributed by atoms with Gasteiger partial charge in [0.1, 0.15) is 0 Å². The highest BCUT2D eigenvalue weighted by atomic mass is 32.1. The van der Waals surface area contributed by atoms with Gasteiger partial charge >= 0.3 is 0 Å². The number of nitrogens with zero attached hydrogens (tertiary/aromatic N) is 2. The van der Waals surface area contributed by atoms with Crippen molar-refractivity contribution in [3.63, 3.8) is 0 Å². The second kappa shape index (κ2) is 7.05. The second-order valence-corrected chi connectivity index (χ2v) is 7.01. The Labute approximate surface area is 154 Å². The van der Waals surface area contributed by atoms with Crippen molar-refractivity contribution in [2.75, 3.05) is 0 Å². The molecule has 2 aromatic carbocycles. The normalized spacial score (nSPS) is 10.7. The highest BCUT2D eigenvalue weighted by Crippen LogP contribution is 2.27. The third-order valence-electron chi connectivity index (χ3n) is 4.21. The van der Waals surface area contributed by atoms with Crippen molar-refractivity contribution in [2.24, 2.45) is 5.73 Å². The van der Waals surface area contributed by atoms with E-state index in [4.69, 9.17) is 5.73 Å². The van der Waals surface area contributed by atoms with E-state index in [1.807, 2.05) is 30.5 Å². The first-order valence-electron chi connectivity index (χ1n) is 7.94. The summed E-state index contributed by atoms with van der Waals surface area (Å²) < 4.78 is 0. The smallest absolute Gasteiger partial charge is 0.272 e. The number of thiazole rings is 1. The van der Waals surface area contributed by atoms with Crippen molar-refractivity contribution in [3.8, 4) is 11.3 Å². The fourth-order valence-corrected chi connectivity index (χ4v) is 3.57. The number of carbonyl (C=O) groups is 1. The van der Waals surface area contributed by atoms with Crippen molar-refractivity contribution in [2.45, 2.75) is 20.3 Å².